The molecule has 9 rings (SSSR count). The van der Waals surface area contributed by atoms with Gasteiger partial charge in [0.2, 0.25) is 5.91 Å². The summed E-state index contributed by atoms with van der Waals surface area (Å²) in [7, 11) is 3.17. The molecule has 16 nitrogen and oxygen atoms in total. The fourth-order valence-electron chi connectivity index (χ4n) is 9.55. The number of urea groups is 1. The van der Waals surface area contributed by atoms with Gasteiger partial charge in [0, 0.05) is 76.4 Å². The van der Waals surface area contributed by atoms with Gasteiger partial charge >= 0.3 is 6.03 Å². The second-order valence-corrected chi connectivity index (χ2v) is 17.0. The topological polar surface area (TPSA) is 166 Å². The van der Waals surface area contributed by atoms with Crippen LogP contribution in [0.25, 0.3) is 10.9 Å². The number of likely N-dealkylation sites (tertiary alicyclic amines) is 1. The van der Waals surface area contributed by atoms with Crippen molar-refractivity contribution in [3.8, 4) is 29.1 Å². The fourth-order valence-corrected chi connectivity index (χ4v) is 9.55. The number of methoxy groups -OCH3 is 1. The van der Waals surface area contributed by atoms with Crippen LogP contribution in [-0.4, -0.2) is 120 Å². The number of imide groups is 2. The molecule has 1 aromatic heterocycles. The van der Waals surface area contributed by atoms with Crippen molar-refractivity contribution in [2.75, 3.05) is 69.3 Å². The van der Waals surface area contributed by atoms with E-state index in [1.807, 2.05) is 16.7 Å². The Bertz CT molecular complexity index is 2810. The fraction of sp³-hybridized carbons (Fsp3) is 0.375. The minimum absolute atomic E-state index is 0.0642. The summed E-state index contributed by atoms with van der Waals surface area (Å²) >= 11 is 0. The number of rotatable bonds is 13. The van der Waals surface area contributed by atoms with Crippen molar-refractivity contribution in [1.29, 1.82) is 5.26 Å². The lowest BCUT2D eigenvalue weighted by Gasteiger charge is -2.46. The Morgan fingerprint density at radius 3 is 2.36 bits per heavy atom. The first kappa shape index (κ1) is 45.0. The van der Waals surface area contributed by atoms with Crippen LogP contribution < -0.4 is 29.3 Å². The lowest BCUT2D eigenvalue weighted by molar-refractivity contribution is -0.129. The summed E-state index contributed by atoms with van der Waals surface area (Å²) < 4.78 is 65.8. The van der Waals surface area contributed by atoms with Crippen molar-refractivity contribution >= 4 is 46.2 Å². The second kappa shape index (κ2) is 18.2. The van der Waals surface area contributed by atoms with Crippen LogP contribution >= 0.6 is 0 Å². The third-order valence-corrected chi connectivity index (χ3v) is 12.9. The number of nitrogens with zero attached hydrogens (tertiary/aromatic N) is 8. The molecule has 0 unspecified atom stereocenters. The molecule has 5 aromatic rings. The molecule has 0 bridgehead atoms. The summed E-state index contributed by atoms with van der Waals surface area (Å²) in [6, 6.07) is 19.4. The zero-order valence-corrected chi connectivity index (χ0v) is 37.1. The number of amides is 5. The Balaban J connectivity index is 0.793. The van der Waals surface area contributed by atoms with Crippen molar-refractivity contribution < 1.29 is 46.6 Å². The predicted molar refractivity (Wildman–Crippen MR) is 239 cm³/mol. The smallest absolute Gasteiger partial charge is 0.329 e. The molecule has 0 radical (unpaired) electrons. The summed E-state index contributed by atoms with van der Waals surface area (Å²) in [5.74, 6) is -3.65. The third kappa shape index (κ3) is 8.69. The average Bonchev–Trinajstić information content (AvgIpc) is 3.75. The maximum Gasteiger partial charge on any atom is 0.329 e. The van der Waals surface area contributed by atoms with Crippen LogP contribution in [0.3, 0.4) is 0 Å². The van der Waals surface area contributed by atoms with Crippen LogP contribution in [0, 0.1) is 17.1 Å². The molecule has 0 spiro atoms. The minimum atomic E-state index is -2.99. The summed E-state index contributed by atoms with van der Waals surface area (Å²) in [6.45, 7) is 4.28. The highest BCUT2D eigenvalue weighted by molar-refractivity contribution is 6.22. The number of benzene rings is 4. The number of carbonyl (C=O) groups is 4. The Morgan fingerprint density at radius 1 is 0.896 bits per heavy atom. The number of piperidine rings is 1. The molecule has 4 aliphatic rings. The molecule has 67 heavy (non-hydrogen) atoms. The summed E-state index contributed by atoms with van der Waals surface area (Å²) in [4.78, 5) is 59.7. The number of hydrogen-bond acceptors (Lipinski definition) is 12. The number of nitriles is 1. The van der Waals surface area contributed by atoms with Gasteiger partial charge in [0.05, 0.1) is 61.5 Å². The molecule has 0 aliphatic carbocycles. The second-order valence-electron chi connectivity index (χ2n) is 17.0. The van der Waals surface area contributed by atoms with E-state index in [-0.39, 0.29) is 55.0 Å². The maximum atomic E-state index is 16.0. The van der Waals surface area contributed by atoms with Crippen molar-refractivity contribution in [2.24, 2.45) is 7.05 Å². The molecular weight excluding hydrogens is 872 g/mol. The van der Waals surface area contributed by atoms with Gasteiger partial charge in [0.15, 0.2) is 28.9 Å². The van der Waals surface area contributed by atoms with E-state index >= 15 is 13.2 Å². The summed E-state index contributed by atoms with van der Waals surface area (Å²) in [6.07, 6.45) is 0.235. The largest absolute Gasteiger partial charge is 0.493 e. The Kier molecular flexibility index (Phi) is 12.3. The van der Waals surface area contributed by atoms with E-state index in [2.05, 4.69) is 16.5 Å². The first-order valence-electron chi connectivity index (χ1n) is 22.1. The number of hydrogen-bond donors (Lipinski definition) is 1. The van der Waals surface area contributed by atoms with Crippen molar-refractivity contribution in [3.05, 3.63) is 101 Å². The third-order valence-electron chi connectivity index (χ3n) is 12.9. The number of fused-ring (bicyclic) bond motifs is 2. The van der Waals surface area contributed by atoms with E-state index in [0.29, 0.717) is 78.7 Å². The lowest BCUT2D eigenvalue weighted by Crippen LogP contribution is -2.61. The Morgan fingerprint density at radius 2 is 1.66 bits per heavy atom. The maximum absolute atomic E-state index is 16.0. The normalized spacial score (nSPS) is 19.4. The van der Waals surface area contributed by atoms with Gasteiger partial charge < -0.3 is 19.1 Å². The van der Waals surface area contributed by atoms with E-state index in [9.17, 15) is 24.4 Å². The molecule has 3 saturated heterocycles. The molecule has 0 saturated carbocycles. The quantitative estimate of drug-likeness (QED) is 0.125. The molecule has 4 aliphatic heterocycles. The van der Waals surface area contributed by atoms with Gasteiger partial charge in [-0.2, -0.15) is 10.4 Å². The average molecular weight is 920 g/mol. The van der Waals surface area contributed by atoms with Crippen molar-refractivity contribution in [3.63, 3.8) is 0 Å². The number of piperazine rings is 1. The highest BCUT2D eigenvalue weighted by atomic mass is 19.3. The highest BCUT2D eigenvalue weighted by Gasteiger charge is 2.48. The number of carbonyl (C=O) groups excluding carboxylic acids is 4. The molecule has 19 heteroatoms. The molecule has 348 valence electrons. The molecule has 1 N–H and O–H groups in total. The van der Waals surface area contributed by atoms with Gasteiger partial charge in [0.1, 0.15) is 5.75 Å². The first-order chi connectivity index (χ1) is 32.3. The number of halogens is 3. The number of anilines is 2. The Labute approximate surface area is 383 Å². The zero-order chi connectivity index (χ0) is 47.1. The van der Waals surface area contributed by atoms with Gasteiger partial charge in [-0.15, -0.1) is 0 Å². The molecule has 5 amide bonds. The summed E-state index contributed by atoms with van der Waals surface area (Å²) in [5.41, 5.74) is 3.02. The van der Waals surface area contributed by atoms with Crippen LogP contribution in [0.4, 0.5) is 29.5 Å². The summed E-state index contributed by atoms with van der Waals surface area (Å²) in [5, 5.41) is 16.7. The van der Waals surface area contributed by atoms with Crippen molar-refractivity contribution in [2.45, 2.75) is 50.7 Å². The van der Waals surface area contributed by atoms with Crippen LogP contribution in [0.5, 0.6) is 23.0 Å². The number of aryl methyl sites for hydroxylation is 1. The van der Waals surface area contributed by atoms with Gasteiger partial charge in [0.25, 0.3) is 17.7 Å². The first-order valence-corrected chi connectivity index (χ1v) is 22.1. The van der Waals surface area contributed by atoms with Crippen LogP contribution in [-0.2, 0) is 18.4 Å². The van der Waals surface area contributed by atoms with E-state index in [1.165, 1.54) is 28.8 Å². The molecular formula is C48H48F3N9O7. The molecule has 3 fully saturated rings. The van der Waals surface area contributed by atoms with Crippen LogP contribution in [0.15, 0.2) is 72.8 Å². The van der Waals surface area contributed by atoms with E-state index < -0.39 is 54.1 Å². The molecule has 2 atom stereocenters. The van der Waals surface area contributed by atoms with Crippen LogP contribution in [0.2, 0.25) is 0 Å². The van der Waals surface area contributed by atoms with Gasteiger partial charge in [-0.05, 0) is 73.0 Å². The Hall–Kier alpha value is -7.17. The number of nitrogens with one attached hydrogen (secondary N) is 1. The van der Waals surface area contributed by atoms with Crippen molar-refractivity contribution in [1.82, 2.24) is 29.8 Å². The van der Waals surface area contributed by atoms with Gasteiger partial charge in [-0.3, -0.25) is 44.0 Å². The lowest BCUT2D eigenvalue weighted by atomic mass is 9.97. The number of ether oxygens (including phenoxy) is 3. The number of alkyl halides is 2. The molecule has 4 aromatic carbocycles. The van der Waals surface area contributed by atoms with Gasteiger partial charge in [-0.1, -0.05) is 18.2 Å². The standard InChI is InChI=1S/C48H48F3N9O7/c1-4-66-41-23-30(7-12-39(41)65-3)37(13-16-52)60-45(62)33-11-8-31(24-34(33)46(60)63)57-19-21-58(22-20-57)42-14-17-56(28-48(42,50)51)27-29-5-9-32(10-6-29)67-40-26-38-35(25-36(40)49)44(54-55(38)2)59-18-15-43(61)53-47(59)64/h5-12,23-26,37,42H,4,13-15,17-22,27-28H2,1-3H3,(H,53,61,64)/t37-,42-/m1/s1. The van der Waals surface area contributed by atoms with E-state index in [1.54, 1.807) is 72.6 Å². The molecule has 5 heterocycles. The van der Waals surface area contributed by atoms with E-state index in [4.69, 9.17) is 14.2 Å². The van der Waals surface area contributed by atoms with Gasteiger partial charge in [-0.25, -0.2) is 18.0 Å². The highest BCUT2D eigenvalue weighted by Crippen LogP contribution is 2.40. The zero-order valence-electron chi connectivity index (χ0n) is 37.1. The SMILES string of the molecule is CCOc1cc([C@@H](CC#N)N2C(=O)c3ccc(N4CCN([C@@H]5CCN(Cc6ccc(Oc7cc8c(cc7F)c(N7CCC(=O)NC7=O)nn8C)cc6)CC5(F)F)CC4)cc3C2=O)ccc1OC. The minimum Gasteiger partial charge on any atom is -0.493 e. The van der Waals surface area contributed by atoms with E-state index in [0.717, 1.165) is 10.5 Å². The number of aromatic nitrogens is 2. The predicted octanol–water partition coefficient (Wildman–Crippen LogP) is 6.64. The van der Waals surface area contributed by atoms with Crippen LogP contribution in [0.1, 0.15) is 64.1 Å². The monoisotopic (exact) mass is 919 g/mol.